The van der Waals surface area contributed by atoms with Crippen molar-refractivity contribution in [2.75, 3.05) is 24.6 Å². The second-order valence-corrected chi connectivity index (χ2v) is 4.91. The molecule has 19 heavy (non-hydrogen) atoms. The van der Waals surface area contributed by atoms with Gasteiger partial charge in [0.2, 0.25) is 0 Å². The second-order valence-electron chi connectivity index (χ2n) is 4.91. The van der Waals surface area contributed by atoms with Crippen LogP contribution in [0.3, 0.4) is 0 Å². The molecular weight excluding hydrogens is 240 g/mol. The number of pyridine rings is 1. The maximum atomic E-state index is 7.75. The van der Waals surface area contributed by atoms with Crippen molar-refractivity contribution >= 4 is 11.7 Å². The number of aromatic nitrogens is 1. The fourth-order valence-electron chi connectivity index (χ4n) is 2.52. The van der Waals surface area contributed by atoms with E-state index in [0.29, 0.717) is 0 Å². The molecule has 5 nitrogen and oxygen atoms in total. The minimum atomic E-state index is 0.0754. The molecule has 0 radical (unpaired) electrons. The third-order valence-corrected chi connectivity index (χ3v) is 3.54. The number of anilines is 1. The summed E-state index contributed by atoms with van der Waals surface area (Å²) in [5.41, 5.74) is 7.43. The second kappa shape index (κ2) is 6.02. The first kappa shape index (κ1) is 13.8. The van der Waals surface area contributed by atoms with Crippen molar-refractivity contribution in [1.29, 1.82) is 5.41 Å². The smallest absolute Gasteiger partial charge is 0.139 e. The molecule has 0 aromatic carbocycles. The van der Waals surface area contributed by atoms with E-state index >= 15 is 0 Å². The molecule has 0 amide bonds. The molecule has 3 N–H and O–H groups in total. The van der Waals surface area contributed by atoms with Gasteiger partial charge in [-0.1, -0.05) is 0 Å². The maximum absolute atomic E-state index is 7.75. The molecule has 0 aliphatic carbocycles. The number of nitrogen functional groups attached to an aromatic ring is 1. The van der Waals surface area contributed by atoms with Crippen LogP contribution >= 0.6 is 0 Å². The predicted molar refractivity (Wildman–Crippen MR) is 76.9 cm³/mol. The molecule has 0 bridgehead atoms. The van der Waals surface area contributed by atoms with Crippen LogP contribution in [-0.2, 0) is 4.74 Å². The minimum Gasteiger partial charge on any atom is -0.384 e. The summed E-state index contributed by atoms with van der Waals surface area (Å²) >= 11 is 0. The summed E-state index contributed by atoms with van der Waals surface area (Å²) < 4.78 is 5.68. The van der Waals surface area contributed by atoms with Crippen molar-refractivity contribution in [2.45, 2.75) is 32.8 Å². The molecule has 2 rings (SSSR count). The van der Waals surface area contributed by atoms with Crippen molar-refractivity contribution in [2.24, 2.45) is 5.73 Å². The van der Waals surface area contributed by atoms with Crippen LogP contribution in [0.4, 0.5) is 5.82 Å². The Morgan fingerprint density at radius 2 is 2.42 bits per heavy atom. The zero-order valence-electron chi connectivity index (χ0n) is 11.6. The lowest BCUT2D eigenvalue weighted by Gasteiger charge is -2.27. The van der Waals surface area contributed by atoms with E-state index in [1.54, 1.807) is 6.20 Å². The normalized spacial score (nSPS) is 18.5. The standard InChI is InChI=1S/C14H22N4O/c1-3-18(9-11-5-4-8-19-11)14-12(13(15)16)10(2)6-7-17-14/h6-7,11H,3-5,8-9H2,1-2H3,(H3,15,16). The van der Waals surface area contributed by atoms with E-state index < -0.39 is 0 Å². The highest BCUT2D eigenvalue weighted by atomic mass is 16.5. The summed E-state index contributed by atoms with van der Waals surface area (Å²) in [6.07, 6.45) is 4.26. The molecule has 5 heteroatoms. The summed E-state index contributed by atoms with van der Waals surface area (Å²) in [5.74, 6) is 0.872. The van der Waals surface area contributed by atoms with E-state index in [1.165, 1.54) is 0 Å². The zero-order valence-corrected chi connectivity index (χ0v) is 11.6. The molecular formula is C14H22N4O. The first-order chi connectivity index (χ1) is 9.13. The molecule has 1 aromatic heterocycles. The number of aryl methyl sites for hydroxylation is 1. The molecule has 0 saturated carbocycles. The molecule has 104 valence electrons. The molecule has 1 aliphatic heterocycles. The quantitative estimate of drug-likeness (QED) is 0.625. The molecule has 1 saturated heterocycles. The Kier molecular flexibility index (Phi) is 4.37. The van der Waals surface area contributed by atoms with Crippen LogP contribution in [0.5, 0.6) is 0 Å². The van der Waals surface area contributed by atoms with Crippen LogP contribution in [-0.4, -0.2) is 36.6 Å². The summed E-state index contributed by atoms with van der Waals surface area (Å²) in [6.45, 7) is 6.54. The number of hydrogen-bond donors (Lipinski definition) is 2. The summed E-state index contributed by atoms with van der Waals surface area (Å²) in [5, 5.41) is 7.75. The van der Waals surface area contributed by atoms with Crippen LogP contribution in [0.2, 0.25) is 0 Å². The van der Waals surface area contributed by atoms with Gasteiger partial charge in [-0.3, -0.25) is 5.41 Å². The number of nitrogens with two attached hydrogens (primary N) is 1. The van der Waals surface area contributed by atoms with Crippen LogP contribution in [0.1, 0.15) is 30.9 Å². The first-order valence-electron chi connectivity index (χ1n) is 6.80. The lowest BCUT2D eigenvalue weighted by Crippen LogP contribution is -2.34. The monoisotopic (exact) mass is 262 g/mol. The van der Waals surface area contributed by atoms with E-state index in [2.05, 4.69) is 16.8 Å². The molecule has 0 spiro atoms. The van der Waals surface area contributed by atoms with Gasteiger partial charge < -0.3 is 15.4 Å². The number of likely N-dealkylation sites (N-methyl/N-ethyl adjacent to an activating group) is 1. The summed E-state index contributed by atoms with van der Waals surface area (Å²) in [4.78, 5) is 6.58. The van der Waals surface area contributed by atoms with Crippen molar-refractivity contribution < 1.29 is 4.74 Å². The number of nitrogens with zero attached hydrogens (tertiary/aromatic N) is 2. The minimum absolute atomic E-state index is 0.0754. The van der Waals surface area contributed by atoms with Crippen molar-refractivity contribution in [3.8, 4) is 0 Å². The maximum Gasteiger partial charge on any atom is 0.139 e. The van der Waals surface area contributed by atoms with Crippen LogP contribution in [0.15, 0.2) is 12.3 Å². The Bertz CT molecular complexity index is 455. The summed E-state index contributed by atoms with van der Waals surface area (Å²) in [7, 11) is 0. The van der Waals surface area contributed by atoms with Crippen molar-refractivity contribution in [1.82, 2.24) is 4.98 Å². The van der Waals surface area contributed by atoms with E-state index in [9.17, 15) is 0 Å². The SMILES string of the molecule is CCN(CC1CCCO1)c1nccc(C)c1C(=N)N. The average Bonchev–Trinajstić information content (AvgIpc) is 2.88. The topological polar surface area (TPSA) is 75.2 Å². The Hall–Kier alpha value is -1.62. The largest absolute Gasteiger partial charge is 0.384 e. The fourth-order valence-corrected chi connectivity index (χ4v) is 2.52. The highest BCUT2D eigenvalue weighted by Crippen LogP contribution is 2.22. The van der Waals surface area contributed by atoms with E-state index in [-0.39, 0.29) is 11.9 Å². The van der Waals surface area contributed by atoms with Crippen LogP contribution < -0.4 is 10.6 Å². The summed E-state index contributed by atoms with van der Waals surface area (Å²) in [6, 6.07) is 1.89. The Morgan fingerprint density at radius 3 is 3.00 bits per heavy atom. The van der Waals surface area contributed by atoms with Crippen molar-refractivity contribution in [3.63, 3.8) is 0 Å². The third-order valence-electron chi connectivity index (χ3n) is 3.54. The van der Waals surface area contributed by atoms with Gasteiger partial charge in [-0.25, -0.2) is 4.98 Å². The highest BCUT2D eigenvalue weighted by Gasteiger charge is 2.22. The van der Waals surface area contributed by atoms with Crippen molar-refractivity contribution in [3.05, 3.63) is 23.4 Å². The van der Waals surface area contributed by atoms with Gasteiger partial charge in [0, 0.05) is 25.9 Å². The molecule has 1 fully saturated rings. The number of rotatable bonds is 5. The third kappa shape index (κ3) is 3.04. The Morgan fingerprint density at radius 1 is 1.63 bits per heavy atom. The predicted octanol–water partition coefficient (Wildman–Crippen LogP) is 1.68. The van der Waals surface area contributed by atoms with Gasteiger partial charge in [0.05, 0.1) is 11.7 Å². The molecule has 1 aliphatic rings. The Balaban J connectivity index is 2.26. The van der Waals surface area contributed by atoms with E-state index in [1.807, 2.05) is 13.0 Å². The van der Waals surface area contributed by atoms with Gasteiger partial charge in [0.25, 0.3) is 0 Å². The van der Waals surface area contributed by atoms with Gasteiger partial charge in [-0.15, -0.1) is 0 Å². The van der Waals surface area contributed by atoms with Gasteiger partial charge >= 0.3 is 0 Å². The lowest BCUT2D eigenvalue weighted by atomic mass is 10.1. The number of nitrogens with one attached hydrogen (secondary N) is 1. The van der Waals surface area contributed by atoms with Gasteiger partial charge in [0.15, 0.2) is 0 Å². The van der Waals surface area contributed by atoms with Gasteiger partial charge in [0.1, 0.15) is 11.7 Å². The number of ether oxygens (including phenoxy) is 1. The molecule has 1 unspecified atom stereocenters. The zero-order chi connectivity index (χ0) is 13.8. The fraction of sp³-hybridized carbons (Fsp3) is 0.571. The molecule has 1 aromatic rings. The lowest BCUT2D eigenvalue weighted by molar-refractivity contribution is 0.115. The van der Waals surface area contributed by atoms with Gasteiger partial charge in [-0.2, -0.15) is 0 Å². The van der Waals surface area contributed by atoms with E-state index in [0.717, 1.165) is 49.5 Å². The number of amidine groups is 1. The van der Waals surface area contributed by atoms with Crippen LogP contribution in [0, 0.1) is 12.3 Å². The first-order valence-corrected chi connectivity index (χ1v) is 6.80. The highest BCUT2D eigenvalue weighted by molar-refractivity contribution is 6.01. The molecule has 1 atom stereocenters. The molecule has 2 heterocycles. The van der Waals surface area contributed by atoms with Gasteiger partial charge in [-0.05, 0) is 38.3 Å². The van der Waals surface area contributed by atoms with E-state index in [4.69, 9.17) is 15.9 Å². The number of hydrogen-bond acceptors (Lipinski definition) is 4. The Labute approximate surface area is 114 Å². The van der Waals surface area contributed by atoms with Crippen LogP contribution in [0.25, 0.3) is 0 Å². The average molecular weight is 262 g/mol.